The molecule has 30 nitrogen and oxygen atoms in total. The van der Waals surface area contributed by atoms with Crippen LogP contribution in [0.15, 0.2) is 152 Å². The van der Waals surface area contributed by atoms with E-state index in [9.17, 15) is 69.9 Å². The van der Waals surface area contributed by atoms with Crippen LogP contribution in [0.1, 0.15) is 132 Å². The Kier molecular flexibility index (Phi) is 34.5. The Hall–Kier alpha value is -13.4. The third kappa shape index (κ3) is 27.8. The number of hydrogen-bond donors (Lipinski definition) is 9. The topological polar surface area (TPSA) is 405 Å². The maximum Gasteiger partial charge on any atom is 0.410 e. The van der Waals surface area contributed by atoms with E-state index in [1.807, 2.05) is 81.4 Å². The fourth-order valence-electron chi connectivity index (χ4n) is 17.9. The van der Waals surface area contributed by atoms with Crippen molar-refractivity contribution in [2.75, 3.05) is 106 Å². The second kappa shape index (κ2) is 47.2. The van der Waals surface area contributed by atoms with E-state index in [2.05, 4.69) is 56.8 Å². The zero-order valence-corrected chi connectivity index (χ0v) is 85.3. The first-order valence-corrected chi connectivity index (χ1v) is 52.1. The predicted octanol–water partition coefficient (Wildman–Crippen LogP) is 21.2. The van der Waals surface area contributed by atoms with Crippen LogP contribution in [0, 0.1) is 64.6 Å². The van der Waals surface area contributed by atoms with Gasteiger partial charge in [-0.2, -0.15) is 0 Å². The lowest BCUT2D eigenvalue weighted by molar-refractivity contribution is -0.144. The number of likely N-dealkylation sites (tertiary alicyclic amines) is 4. The van der Waals surface area contributed by atoms with E-state index in [1.165, 1.54) is 136 Å². The summed E-state index contributed by atoms with van der Waals surface area (Å²) < 4.78 is 82.0. The van der Waals surface area contributed by atoms with Crippen molar-refractivity contribution in [3.63, 3.8) is 0 Å². The van der Waals surface area contributed by atoms with Crippen LogP contribution in [-0.4, -0.2) is 204 Å². The number of piperidine rings is 6. The van der Waals surface area contributed by atoms with Gasteiger partial charge < -0.3 is 76.9 Å². The maximum absolute atomic E-state index is 13.5. The third-order valence-electron chi connectivity index (χ3n) is 25.3. The van der Waals surface area contributed by atoms with Crippen LogP contribution in [0.2, 0.25) is 0 Å². The Morgan fingerprint density at radius 1 is 0.345 bits per heavy atom. The van der Waals surface area contributed by atoms with E-state index >= 15 is 0 Å². The van der Waals surface area contributed by atoms with Gasteiger partial charge in [0.2, 0.25) is 35.4 Å². The largest absolute Gasteiger partial charge is 0.481 e. The van der Waals surface area contributed by atoms with E-state index in [-0.39, 0.29) is 101 Å². The lowest BCUT2D eigenvalue weighted by atomic mass is 9.97. The van der Waals surface area contributed by atoms with Crippen LogP contribution in [0.4, 0.5) is 57.2 Å². The number of carboxylic acid groups (broad SMARTS) is 2. The summed E-state index contributed by atoms with van der Waals surface area (Å²) in [6, 6.07) is 41.9. The molecular formula is C105H113F5N16O14S5. The van der Waals surface area contributed by atoms with Gasteiger partial charge in [0.15, 0.2) is 25.7 Å². The Bertz CT molecular complexity index is 7200. The molecule has 145 heavy (non-hydrogen) atoms. The molecule has 6 aliphatic rings. The number of aliphatic carboxylic acids is 2. The van der Waals surface area contributed by atoms with Crippen molar-refractivity contribution in [3.8, 4) is 0 Å². The van der Waals surface area contributed by atoms with Crippen LogP contribution in [0.25, 0.3) is 105 Å². The molecule has 5 aromatic heterocycles. The summed E-state index contributed by atoms with van der Waals surface area (Å²) in [5, 5.41) is 46.8. The number of fused-ring (bicyclic) bond motifs is 15. The summed E-state index contributed by atoms with van der Waals surface area (Å²) in [7, 11) is 0. The molecule has 40 heteroatoms. The first-order valence-electron chi connectivity index (χ1n) is 48.0. The number of aromatic nitrogens is 5. The van der Waals surface area contributed by atoms with Gasteiger partial charge in [0, 0.05) is 106 Å². The van der Waals surface area contributed by atoms with Crippen molar-refractivity contribution in [1.82, 2.24) is 55.2 Å². The first kappa shape index (κ1) is 106. The molecule has 10 aromatic carbocycles. The molecule has 0 aliphatic carbocycles. The van der Waals surface area contributed by atoms with Crippen LogP contribution in [-0.2, 0) is 47.8 Å². The predicted molar refractivity (Wildman–Crippen MR) is 562 cm³/mol. The standard InChI is InChI=1S/C22H24FN3O3S.2C19H18FN3O2S.C17H16FN3OS.C11H7FN2S.C11H19NO4.C6H11NO2/c1-22(2,3)29-21(28)26-10-4-5-14(12-26)19(27)25-20-24-17-9-6-13-11-15(23)7-8-16(13)18(17)30-20;2*1-11(24)23-8-2-3-13(10-23)18(25)22-19-21-16-7-4-12-9-14(20)5-6-15(12)17(16)26-19;18-12-4-5-13-10(8-12)3-6-14-15(13)23-17(20-14)21-16(22)11-2-1-7-19-9-11;12-7-2-3-8-6(5-7)1-4-9-10(8)15-11(13)14-9;1-11(2,3)16-10(15)12-6-4-5-8(7-12)9(13)14;8-6(9)5-2-1-3-7-4-5/h6-9,11,14H,4-5,10,12H2,1-3H3,(H,24,25,27);2*4-7,9,13H,2-3,8,10H2,1H3,(H,21,22,25);3-6,8,11,19H,1-2,7,9H2,(H,20,21,22);1-5H,(H2,13,14);8H,4-7H2,1-3H3,(H,13,14);5,7H,1-4H2,(H,8,9). The van der Waals surface area contributed by atoms with Gasteiger partial charge in [-0.05, 0) is 280 Å². The molecule has 6 unspecified atom stereocenters. The average Bonchev–Trinajstić information content (AvgIpc) is 1.66. The molecule has 762 valence electrons. The van der Waals surface area contributed by atoms with E-state index in [1.54, 1.807) is 65.8 Å². The van der Waals surface area contributed by atoms with Crippen LogP contribution < -0.4 is 37.6 Å². The van der Waals surface area contributed by atoms with Crippen molar-refractivity contribution >= 4 is 247 Å². The number of halogens is 5. The molecule has 0 spiro atoms. The highest BCUT2D eigenvalue weighted by Gasteiger charge is 2.36. The number of benzene rings is 10. The van der Waals surface area contributed by atoms with Gasteiger partial charge >= 0.3 is 24.1 Å². The number of nitrogens with one attached hydrogen (secondary N) is 6. The molecule has 6 saturated heterocycles. The Morgan fingerprint density at radius 3 is 0.876 bits per heavy atom. The van der Waals surface area contributed by atoms with Gasteiger partial charge in [0.05, 0.1) is 86.6 Å². The van der Waals surface area contributed by atoms with Gasteiger partial charge in [-0.15, -0.1) is 0 Å². The minimum absolute atomic E-state index is 0.00110. The molecule has 11 heterocycles. The second-order valence-corrected chi connectivity index (χ2v) is 43.4. The van der Waals surface area contributed by atoms with Gasteiger partial charge in [0.1, 0.15) is 40.3 Å². The smallest absolute Gasteiger partial charge is 0.410 e. The lowest BCUT2D eigenvalue weighted by Crippen LogP contribution is -2.45. The van der Waals surface area contributed by atoms with E-state index in [0.29, 0.717) is 90.9 Å². The van der Waals surface area contributed by atoms with Gasteiger partial charge in [-0.3, -0.25) is 38.4 Å². The third-order valence-corrected chi connectivity index (χ3v) is 30.3. The summed E-state index contributed by atoms with van der Waals surface area (Å²) >= 11 is 7.01. The number of carbonyl (C=O) groups excluding carboxylic acids is 8. The number of carbonyl (C=O) groups is 10. The number of amides is 8. The Labute approximate surface area is 851 Å². The van der Waals surface area contributed by atoms with E-state index in [0.717, 1.165) is 189 Å². The molecule has 6 aliphatic heterocycles. The number of anilines is 5. The highest BCUT2D eigenvalue weighted by Crippen LogP contribution is 2.41. The van der Waals surface area contributed by atoms with Gasteiger partial charge in [-0.25, -0.2) is 56.5 Å². The van der Waals surface area contributed by atoms with Crippen molar-refractivity contribution in [3.05, 3.63) is 181 Å². The van der Waals surface area contributed by atoms with Crippen molar-refractivity contribution in [2.24, 2.45) is 35.5 Å². The monoisotopic (exact) mass is 2080 g/mol. The summed E-state index contributed by atoms with van der Waals surface area (Å²) in [6.07, 6.45) is 8.94. The zero-order valence-electron chi connectivity index (χ0n) is 81.2. The summed E-state index contributed by atoms with van der Waals surface area (Å²) in [5.41, 5.74) is 8.55. The number of nitrogens with zero attached hydrogens (tertiary/aromatic N) is 9. The molecule has 10 N–H and O–H groups in total. The van der Waals surface area contributed by atoms with Gasteiger partial charge in [0.25, 0.3) is 0 Å². The first-order chi connectivity index (χ1) is 69.2. The summed E-state index contributed by atoms with van der Waals surface area (Å²) in [6.45, 7) is 21.3. The normalized spacial score (nSPS) is 18.1. The van der Waals surface area contributed by atoms with Crippen LogP contribution >= 0.6 is 56.7 Å². The number of ether oxygens (including phenoxy) is 2. The number of nitrogen functional groups attached to an aromatic ring is 1. The van der Waals surface area contributed by atoms with E-state index in [4.69, 9.17) is 25.4 Å². The number of hydrogen-bond acceptors (Lipinski definition) is 25. The Morgan fingerprint density at radius 2 is 0.600 bits per heavy atom. The summed E-state index contributed by atoms with van der Waals surface area (Å²) in [4.78, 5) is 147. The van der Waals surface area contributed by atoms with Crippen molar-refractivity contribution < 1.29 is 89.6 Å². The molecule has 6 atom stereocenters. The fourth-order valence-corrected chi connectivity index (χ4v) is 22.8. The molecule has 21 rings (SSSR count). The Balaban J connectivity index is 0.000000130. The molecule has 8 amide bonds. The molecule has 0 bridgehead atoms. The highest BCUT2D eigenvalue weighted by atomic mass is 32.1. The van der Waals surface area contributed by atoms with E-state index < -0.39 is 41.2 Å². The number of carboxylic acids is 2. The fraction of sp³-hybridized carbons (Fsp3) is 0.381. The second-order valence-electron chi connectivity index (χ2n) is 38.4. The van der Waals surface area contributed by atoms with Crippen molar-refractivity contribution in [2.45, 2.75) is 144 Å². The minimum Gasteiger partial charge on any atom is -0.481 e. The minimum atomic E-state index is -0.840. The van der Waals surface area contributed by atoms with Gasteiger partial charge in [-0.1, -0.05) is 87.0 Å². The molecule has 0 saturated carbocycles. The molecule has 6 fully saturated rings. The molecular weight excluding hydrogens is 1960 g/mol. The maximum atomic E-state index is 13.5. The molecule has 0 radical (unpaired) electrons. The number of nitrogens with two attached hydrogens (primary N) is 1. The zero-order chi connectivity index (χ0) is 103. The van der Waals surface area contributed by atoms with Crippen LogP contribution in [0.3, 0.4) is 0 Å². The average molecular weight is 2080 g/mol. The number of thiazole rings is 5. The lowest BCUT2D eigenvalue weighted by Gasteiger charge is -2.33. The SMILES string of the molecule is CC(=O)N1CCCC(C(=O)Nc2nc3ccc4cc(F)ccc4c3s2)C1.CC(=O)N1CCCC(C(=O)Nc2nc3ccc4cc(F)ccc4c3s2)C1.CC(C)(C)OC(=O)N1CCCC(C(=O)Nc2nc3ccc4cc(F)ccc4c3s2)C1.CC(C)(C)OC(=O)N1CCCC(C(=O)O)C1.Nc1nc2ccc3cc(F)ccc3c2s1.O=C(Nc1nc2ccc3cc(F)ccc3c2s1)C1CCCNC1.O=C(O)C1CCCNC1. The number of rotatable bonds is 10. The summed E-state index contributed by atoms with van der Waals surface area (Å²) in [5.74, 6) is -4.50. The highest BCUT2D eigenvalue weighted by molar-refractivity contribution is 7.24. The van der Waals surface area contributed by atoms with Crippen LogP contribution in [0.5, 0.6) is 0 Å². The molecule has 15 aromatic rings. The van der Waals surface area contributed by atoms with Crippen molar-refractivity contribution in [1.29, 1.82) is 0 Å². The quantitative estimate of drug-likeness (QED) is 0.0574.